The van der Waals surface area contributed by atoms with Gasteiger partial charge in [-0.15, -0.1) is 11.3 Å². The highest BCUT2D eigenvalue weighted by atomic mass is 32.1. The maximum Gasteiger partial charge on any atom is 0.0503 e. The molecule has 0 saturated carbocycles. The lowest BCUT2D eigenvalue weighted by Gasteiger charge is -2.14. The predicted octanol–water partition coefficient (Wildman–Crippen LogP) is 3.38. The molecule has 0 radical (unpaired) electrons. The number of aryl methyl sites for hydroxylation is 1. The Labute approximate surface area is 100 Å². The lowest BCUT2D eigenvalue weighted by molar-refractivity contribution is 0.265. The molecule has 0 fully saturated rings. The van der Waals surface area contributed by atoms with E-state index in [1.165, 1.54) is 16.0 Å². The van der Waals surface area contributed by atoms with E-state index in [-0.39, 0.29) is 12.5 Å². The lowest BCUT2D eigenvalue weighted by atomic mass is 9.95. The first kappa shape index (κ1) is 11.4. The van der Waals surface area contributed by atoms with E-state index in [2.05, 4.69) is 48.7 Å². The third-order valence-electron chi connectivity index (χ3n) is 2.76. The van der Waals surface area contributed by atoms with Gasteiger partial charge in [0.25, 0.3) is 0 Å². The third-order valence-corrected chi connectivity index (χ3v) is 3.66. The molecule has 0 spiro atoms. The molecule has 84 valence electrons. The molecule has 1 heterocycles. The molecular formula is C14H16OS. The Hall–Kier alpha value is -1.12. The van der Waals surface area contributed by atoms with Crippen molar-refractivity contribution in [1.82, 2.24) is 0 Å². The Morgan fingerprint density at radius 1 is 1.25 bits per heavy atom. The SMILES string of the molecule is Cc1cccc(C(CO)Cc2cccs2)c1. The van der Waals surface area contributed by atoms with Crippen molar-refractivity contribution in [2.75, 3.05) is 6.61 Å². The Balaban J connectivity index is 2.16. The molecule has 2 rings (SSSR count). The monoisotopic (exact) mass is 232 g/mol. The highest BCUT2D eigenvalue weighted by molar-refractivity contribution is 7.09. The van der Waals surface area contributed by atoms with Crippen LogP contribution in [0.15, 0.2) is 41.8 Å². The van der Waals surface area contributed by atoms with Crippen LogP contribution in [0.3, 0.4) is 0 Å². The Bertz CT molecular complexity index is 434. The highest BCUT2D eigenvalue weighted by Crippen LogP contribution is 2.23. The zero-order chi connectivity index (χ0) is 11.4. The maximum absolute atomic E-state index is 9.47. The van der Waals surface area contributed by atoms with E-state index in [0.29, 0.717) is 0 Å². The second kappa shape index (κ2) is 5.28. The summed E-state index contributed by atoms with van der Waals surface area (Å²) in [5.41, 5.74) is 2.48. The molecule has 0 saturated heterocycles. The fourth-order valence-electron chi connectivity index (χ4n) is 1.88. The quantitative estimate of drug-likeness (QED) is 0.857. The van der Waals surface area contributed by atoms with Gasteiger partial charge in [0, 0.05) is 10.8 Å². The maximum atomic E-state index is 9.47. The van der Waals surface area contributed by atoms with E-state index in [1.807, 2.05) is 0 Å². The van der Waals surface area contributed by atoms with Gasteiger partial charge < -0.3 is 5.11 Å². The van der Waals surface area contributed by atoms with Gasteiger partial charge in [0.2, 0.25) is 0 Å². The van der Waals surface area contributed by atoms with Gasteiger partial charge in [0.15, 0.2) is 0 Å². The van der Waals surface area contributed by atoms with E-state index in [4.69, 9.17) is 0 Å². The molecule has 1 unspecified atom stereocenters. The predicted molar refractivity (Wildman–Crippen MR) is 69.0 cm³/mol. The number of aliphatic hydroxyl groups excluding tert-OH is 1. The van der Waals surface area contributed by atoms with Gasteiger partial charge in [-0.3, -0.25) is 0 Å². The van der Waals surface area contributed by atoms with Gasteiger partial charge in [-0.1, -0.05) is 35.9 Å². The summed E-state index contributed by atoms with van der Waals surface area (Å²) in [7, 11) is 0. The van der Waals surface area contributed by atoms with Crippen LogP contribution in [0.4, 0.5) is 0 Å². The zero-order valence-corrected chi connectivity index (χ0v) is 10.2. The third kappa shape index (κ3) is 2.71. The Morgan fingerprint density at radius 2 is 2.12 bits per heavy atom. The molecule has 2 heteroatoms. The minimum absolute atomic E-state index is 0.210. The minimum Gasteiger partial charge on any atom is -0.396 e. The molecule has 0 aliphatic carbocycles. The van der Waals surface area contributed by atoms with Gasteiger partial charge in [-0.05, 0) is 30.4 Å². The molecule has 0 amide bonds. The van der Waals surface area contributed by atoms with Crippen LogP contribution < -0.4 is 0 Å². The van der Waals surface area contributed by atoms with Gasteiger partial charge in [0.1, 0.15) is 0 Å². The summed E-state index contributed by atoms with van der Waals surface area (Å²) < 4.78 is 0. The highest BCUT2D eigenvalue weighted by Gasteiger charge is 2.11. The van der Waals surface area contributed by atoms with E-state index in [0.717, 1.165) is 6.42 Å². The van der Waals surface area contributed by atoms with Crippen molar-refractivity contribution in [2.45, 2.75) is 19.3 Å². The zero-order valence-electron chi connectivity index (χ0n) is 9.39. The van der Waals surface area contributed by atoms with Crippen LogP contribution in [0.25, 0.3) is 0 Å². The van der Waals surface area contributed by atoms with Crippen molar-refractivity contribution in [2.24, 2.45) is 0 Å². The van der Waals surface area contributed by atoms with Crippen molar-refractivity contribution in [3.63, 3.8) is 0 Å². The molecule has 0 aliphatic rings. The van der Waals surface area contributed by atoms with Crippen LogP contribution in [-0.4, -0.2) is 11.7 Å². The fourth-order valence-corrected chi connectivity index (χ4v) is 2.67. The van der Waals surface area contributed by atoms with Crippen LogP contribution in [0, 0.1) is 6.92 Å². The van der Waals surface area contributed by atoms with Crippen LogP contribution in [0.1, 0.15) is 21.9 Å². The van der Waals surface area contributed by atoms with E-state index < -0.39 is 0 Å². The first-order chi connectivity index (χ1) is 7.79. The molecule has 16 heavy (non-hydrogen) atoms. The summed E-state index contributed by atoms with van der Waals surface area (Å²) in [5.74, 6) is 0.221. The van der Waals surface area contributed by atoms with Crippen LogP contribution in [0.5, 0.6) is 0 Å². The van der Waals surface area contributed by atoms with Crippen LogP contribution in [-0.2, 0) is 6.42 Å². The second-order valence-electron chi connectivity index (χ2n) is 4.08. The Kier molecular flexibility index (Phi) is 3.75. The summed E-state index contributed by atoms with van der Waals surface area (Å²) in [5, 5.41) is 11.6. The molecule has 0 aliphatic heterocycles. The first-order valence-electron chi connectivity index (χ1n) is 5.49. The number of hydrogen-bond acceptors (Lipinski definition) is 2. The number of rotatable bonds is 4. The molecule has 1 nitrogen and oxygen atoms in total. The average Bonchev–Trinajstić information content (AvgIpc) is 2.78. The first-order valence-corrected chi connectivity index (χ1v) is 6.37. The smallest absolute Gasteiger partial charge is 0.0503 e. The van der Waals surface area contributed by atoms with Gasteiger partial charge in [0.05, 0.1) is 6.61 Å². The molecule has 2 aromatic rings. The summed E-state index contributed by atoms with van der Waals surface area (Å²) in [6.07, 6.45) is 0.928. The second-order valence-corrected chi connectivity index (χ2v) is 5.11. The van der Waals surface area contributed by atoms with E-state index >= 15 is 0 Å². The number of benzene rings is 1. The lowest BCUT2D eigenvalue weighted by Crippen LogP contribution is -2.07. The molecular weight excluding hydrogens is 216 g/mol. The molecule has 1 atom stereocenters. The Morgan fingerprint density at radius 3 is 2.75 bits per heavy atom. The topological polar surface area (TPSA) is 20.2 Å². The fraction of sp³-hybridized carbons (Fsp3) is 0.286. The summed E-state index contributed by atoms with van der Waals surface area (Å²) >= 11 is 1.75. The summed E-state index contributed by atoms with van der Waals surface area (Å²) in [4.78, 5) is 1.33. The van der Waals surface area contributed by atoms with Crippen molar-refractivity contribution in [3.05, 3.63) is 57.8 Å². The number of aliphatic hydroxyl groups is 1. The molecule has 1 aromatic carbocycles. The summed E-state index contributed by atoms with van der Waals surface area (Å²) in [6.45, 7) is 2.30. The molecule has 1 N–H and O–H groups in total. The largest absolute Gasteiger partial charge is 0.396 e. The van der Waals surface area contributed by atoms with Crippen molar-refractivity contribution in [1.29, 1.82) is 0 Å². The van der Waals surface area contributed by atoms with E-state index in [9.17, 15) is 5.11 Å². The number of thiophene rings is 1. The summed E-state index contributed by atoms with van der Waals surface area (Å²) in [6, 6.07) is 12.6. The van der Waals surface area contributed by atoms with E-state index in [1.54, 1.807) is 11.3 Å². The van der Waals surface area contributed by atoms with Crippen molar-refractivity contribution >= 4 is 11.3 Å². The number of hydrogen-bond donors (Lipinski definition) is 1. The van der Waals surface area contributed by atoms with Crippen LogP contribution in [0.2, 0.25) is 0 Å². The van der Waals surface area contributed by atoms with Gasteiger partial charge in [-0.2, -0.15) is 0 Å². The molecule has 0 bridgehead atoms. The van der Waals surface area contributed by atoms with Crippen molar-refractivity contribution in [3.8, 4) is 0 Å². The normalized spacial score (nSPS) is 12.6. The average molecular weight is 232 g/mol. The van der Waals surface area contributed by atoms with Crippen molar-refractivity contribution < 1.29 is 5.11 Å². The minimum atomic E-state index is 0.210. The molecule has 1 aromatic heterocycles. The van der Waals surface area contributed by atoms with Gasteiger partial charge >= 0.3 is 0 Å². The standard InChI is InChI=1S/C14H16OS/c1-11-4-2-5-12(8-11)13(10-15)9-14-6-3-7-16-14/h2-8,13,15H,9-10H2,1H3. The van der Waals surface area contributed by atoms with Crippen LogP contribution >= 0.6 is 11.3 Å². The van der Waals surface area contributed by atoms with Gasteiger partial charge in [-0.25, -0.2) is 0 Å².